The summed E-state index contributed by atoms with van der Waals surface area (Å²) in [7, 11) is 0. The second-order valence-electron chi connectivity index (χ2n) is 8.94. The number of benzene rings is 3. The number of nitrogens with one attached hydrogen (secondary N) is 2. The molecule has 36 heavy (non-hydrogen) atoms. The van der Waals surface area contributed by atoms with Crippen LogP contribution in [0.15, 0.2) is 66.7 Å². The van der Waals surface area contributed by atoms with Gasteiger partial charge >= 0.3 is 5.97 Å². The molecule has 1 aliphatic rings. The molecule has 3 aromatic rings. The standard InChI is InChI=1S/C29H32N2O5/c1-2-35-29(34)22-11-15-26(16-12-22)36-25-13-9-21(10-14-25)27(32)30-17-18-31-28(33)24-8-7-20-5-3-4-6-23(20)19-24/h3-10,13-14,19,22,26H,2,11-12,15-18H2,1H3,(H,30,32)(H,31,33). The third-order valence-corrected chi connectivity index (χ3v) is 6.42. The number of amides is 2. The van der Waals surface area contributed by atoms with Crippen molar-refractivity contribution in [1.29, 1.82) is 0 Å². The maximum absolute atomic E-state index is 12.5. The second kappa shape index (κ2) is 12.2. The first-order valence-electron chi connectivity index (χ1n) is 12.5. The van der Waals surface area contributed by atoms with Crippen molar-refractivity contribution in [2.24, 2.45) is 5.92 Å². The molecule has 0 radical (unpaired) electrons. The summed E-state index contributed by atoms with van der Waals surface area (Å²) in [6.45, 7) is 2.88. The summed E-state index contributed by atoms with van der Waals surface area (Å²) < 4.78 is 11.2. The maximum Gasteiger partial charge on any atom is 0.308 e. The van der Waals surface area contributed by atoms with Gasteiger partial charge in [-0.3, -0.25) is 14.4 Å². The van der Waals surface area contributed by atoms with Crippen molar-refractivity contribution in [3.05, 3.63) is 77.9 Å². The summed E-state index contributed by atoms with van der Waals surface area (Å²) >= 11 is 0. The van der Waals surface area contributed by atoms with Gasteiger partial charge in [0, 0.05) is 24.2 Å². The Morgan fingerprint density at radius 3 is 2.06 bits per heavy atom. The Morgan fingerprint density at radius 2 is 1.39 bits per heavy atom. The lowest BCUT2D eigenvalue weighted by Crippen LogP contribution is -2.34. The van der Waals surface area contributed by atoms with E-state index >= 15 is 0 Å². The lowest BCUT2D eigenvalue weighted by atomic mass is 9.87. The summed E-state index contributed by atoms with van der Waals surface area (Å²) in [5.41, 5.74) is 1.11. The predicted octanol–water partition coefficient (Wildman–Crippen LogP) is 4.50. The molecule has 4 rings (SSSR count). The minimum atomic E-state index is -0.212. The highest BCUT2D eigenvalue weighted by atomic mass is 16.5. The minimum Gasteiger partial charge on any atom is -0.490 e. The summed E-state index contributed by atoms with van der Waals surface area (Å²) in [6, 6.07) is 20.5. The largest absolute Gasteiger partial charge is 0.490 e. The average molecular weight is 489 g/mol. The molecule has 0 aromatic heterocycles. The molecule has 3 aromatic carbocycles. The molecule has 0 atom stereocenters. The highest BCUT2D eigenvalue weighted by molar-refractivity contribution is 5.98. The number of esters is 1. The molecule has 2 amide bonds. The van der Waals surface area contributed by atoms with Crippen LogP contribution >= 0.6 is 0 Å². The van der Waals surface area contributed by atoms with E-state index in [1.54, 1.807) is 30.3 Å². The molecule has 0 heterocycles. The van der Waals surface area contributed by atoms with Gasteiger partial charge in [0.15, 0.2) is 0 Å². The highest BCUT2D eigenvalue weighted by Crippen LogP contribution is 2.28. The second-order valence-corrected chi connectivity index (χ2v) is 8.94. The fraction of sp³-hybridized carbons (Fsp3) is 0.345. The zero-order valence-electron chi connectivity index (χ0n) is 20.5. The van der Waals surface area contributed by atoms with Crippen LogP contribution < -0.4 is 15.4 Å². The molecule has 7 heteroatoms. The van der Waals surface area contributed by atoms with Gasteiger partial charge in [-0.15, -0.1) is 0 Å². The molecule has 2 N–H and O–H groups in total. The van der Waals surface area contributed by atoms with Crippen molar-refractivity contribution >= 4 is 28.6 Å². The van der Waals surface area contributed by atoms with Gasteiger partial charge in [0.1, 0.15) is 5.75 Å². The Bertz CT molecular complexity index is 1200. The molecule has 1 saturated carbocycles. The number of carbonyl (C=O) groups excluding carboxylic acids is 3. The van der Waals surface area contributed by atoms with Crippen LogP contribution in [0.2, 0.25) is 0 Å². The molecule has 1 fully saturated rings. The van der Waals surface area contributed by atoms with E-state index in [0.29, 0.717) is 36.6 Å². The topological polar surface area (TPSA) is 93.7 Å². The summed E-state index contributed by atoms with van der Waals surface area (Å²) in [5, 5.41) is 7.76. The first kappa shape index (κ1) is 25.2. The molecular weight excluding hydrogens is 456 g/mol. The number of rotatable bonds is 9. The zero-order chi connectivity index (χ0) is 25.3. The van der Waals surface area contributed by atoms with Gasteiger partial charge in [-0.2, -0.15) is 0 Å². The number of hydrogen-bond acceptors (Lipinski definition) is 5. The van der Waals surface area contributed by atoms with E-state index in [4.69, 9.17) is 9.47 Å². The molecule has 0 saturated heterocycles. The third kappa shape index (κ3) is 6.62. The summed E-state index contributed by atoms with van der Waals surface area (Å²) in [6.07, 6.45) is 3.19. The van der Waals surface area contributed by atoms with Gasteiger partial charge in [0.05, 0.1) is 18.6 Å². The van der Waals surface area contributed by atoms with Gasteiger partial charge in [-0.1, -0.05) is 30.3 Å². The third-order valence-electron chi connectivity index (χ3n) is 6.42. The molecule has 188 valence electrons. The molecule has 0 unspecified atom stereocenters. The van der Waals surface area contributed by atoms with Gasteiger partial charge in [-0.25, -0.2) is 0 Å². The van der Waals surface area contributed by atoms with E-state index in [1.807, 2.05) is 43.3 Å². The van der Waals surface area contributed by atoms with Crippen molar-refractivity contribution in [3.63, 3.8) is 0 Å². The number of fused-ring (bicyclic) bond motifs is 1. The predicted molar refractivity (Wildman–Crippen MR) is 138 cm³/mol. The minimum absolute atomic E-state index is 0.0340. The first-order chi connectivity index (χ1) is 17.5. The van der Waals surface area contributed by atoms with Gasteiger partial charge in [0.25, 0.3) is 11.8 Å². The van der Waals surface area contributed by atoms with Gasteiger partial charge in [0.2, 0.25) is 0 Å². The fourth-order valence-corrected chi connectivity index (χ4v) is 4.44. The quantitative estimate of drug-likeness (QED) is 0.342. The molecule has 0 spiro atoms. The molecule has 0 aliphatic heterocycles. The Morgan fingerprint density at radius 1 is 0.778 bits per heavy atom. The number of ether oxygens (including phenoxy) is 2. The van der Waals surface area contributed by atoms with E-state index in [1.165, 1.54) is 0 Å². The monoisotopic (exact) mass is 488 g/mol. The Labute approximate surface area is 211 Å². The van der Waals surface area contributed by atoms with Crippen LogP contribution in [0.4, 0.5) is 0 Å². The maximum atomic E-state index is 12.5. The van der Waals surface area contributed by atoms with E-state index in [0.717, 1.165) is 36.5 Å². The van der Waals surface area contributed by atoms with E-state index in [2.05, 4.69) is 10.6 Å². The van der Waals surface area contributed by atoms with Crippen LogP contribution in [0.25, 0.3) is 10.8 Å². The normalized spacial score (nSPS) is 17.2. The van der Waals surface area contributed by atoms with E-state index < -0.39 is 0 Å². The highest BCUT2D eigenvalue weighted by Gasteiger charge is 2.28. The SMILES string of the molecule is CCOC(=O)C1CCC(Oc2ccc(C(=O)NCCNC(=O)c3ccc4ccccc4c3)cc2)CC1. The van der Waals surface area contributed by atoms with Crippen molar-refractivity contribution < 1.29 is 23.9 Å². The smallest absolute Gasteiger partial charge is 0.308 e. The Hall–Kier alpha value is -3.87. The van der Waals surface area contributed by atoms with Crippen molar-refractivity contribution in [3.8, 4) is 5.75 Å². The van der Waals surface area contributed by atoms with Crippen molar-refractivity contribution in [2.45, 2.75) is 38.7 Å². The fourth-order valence-electron chi connectivity index (χ4n) is 4.44. The van der Waals surface area contributed by atoms with Crippen molar-refractivity contribution in [2.75, 3.05) is 19.7 Å². The number of hydrogen-bond donors (Lipinski definition) is 2. The van der Waals surface area contributed by atoms with Gasteiger partial charge < -0.3 is 20.1 Å². The molecule has 7 nitrogen and oxygen atoms in total. The lowest BCUT2D eigenvalue weighted by Gasteiger charge is -2.27. The van der Waals surface area contributed by atoms with Crippen LogP contribution in [0.3, 0.4) is 0 Å². The lowest BCUT2D eigenvalue weighted by molar-refractivity contribution is -0.149. The first-order valence-corrected chi connectivity index (χ1v) is 12.5. The number of carbonyl (C=O) groups is 3. The van der Waals surface area contributed by atoms with Crippen LogP contribution in [0.5, 0.6) is 5.75 Å². The van der Waals surface area contributed by atoms with Gasteiger partial charge in [-0.05, 0) is 79.8 Å². The average Bonchev–Trinajstić information content (AvgIpc) is 2.91. The molecular formula is C29H32N2O5. The van der Waals surface area contributed by atoms with Crippen LogP contribution in [0, 0.1) is 5.92 Å². The Balaban J connectivity index is 1.18. The zero-order valence-corrected chi connectivity index (χ0v) is 20.5. The summed E-state index contributed by atoms with van der Waals surface area (Å²) in [5.74, 6) is 0.172. The summed E-state index contributed by atoms with van der Waals surface area (Å²) in [4.78, 5) is 36.8. The van der Waals surface area contributed by atoms with Crippen LogP contribution in [-0.2, 0) is 9.53 Å². The van der Waals surface area contributed by atoms with Crippen LogP contribution in [-0.4, -0.2) is 43.6 Å². The Kier molecular flexibility index (Phi) is 8.55. The molecule has 0 bridgehead atoms. The van der Waals surface area contributed by atoms with E-state index in [9.17, 15) is 14.4 Å². The molecule has 1 aliphatic carbocycles. The van der Waals surface area contributed by atoms with Crippen molar-refractivity contribution in [1.82, 2.24) is 10.6 Å². The van der Waals surface area contributed by atoms with Crippen LogP contribution in [0.1, 0.15) is 53.3 Å². The van der Waals surface area contributed by atoms with E-state index in [-0.39, 0.29) is 29.8 Å².